The molecule has 4 amide bonds. The van der Waals surface area contributed by atoms with E-state index in [0.717, 1.165) is 4.90 Å². The SMILES string of the molecule is CCC1(c2ccccc2)NC(=O)N(CC(=O)Nc2ccc(SC(F)F)cc2)C1=O. The Labute approximate surface area is 170 Å². The van der Waals surface area contributed by atoms with Crippen LogP contribution in [0.1, 0.15) is 18.9 Å². The van der Waals surface area contributed by atoms with Gasteiger partial charge in [0.1, 0.15) is 12.1 Å². The minimum atomic E-state index is -2.53. The van der Waals surface area contributed by atoms with E-state index in [1.54, 1.807) is 31.2 Å². The fourth-order valence-corrected chi connectivity index (χ4v) is 3.69. The lowest BCUT2D eigenvalue weighted by atomic mass is 9.87. The number of anilines is 1. The van der Waals surface area contributed by atoms with Gasteiger partial charge in [-0.05, 0) is 36.2 Å². The first-order valence-corrected chi connectivity index (χ1v) is 9.78. The van der Waals surface area contributed by atoms with E-state index < -0.39 is 35.7 Å². The lowest BCUT2D eigenvalue weighted by Gasteiger charge is -2.25. The molecular weight excluding hydrogens is 400 g/mol. The number of benzene rings is 2. The molecule has 152 valence electrons. The van der Waals surface area contributed by atoms with Crippen molar-refractivity contribution in [1.82, 2.24) is 10.2 Å². The zero-order valence-corrected chi connectivity index (χ0v) is 16.3. The summed E-state index contributed by atoms with van der Waals surface area (Å²) in [6.45, 7) is 1.33. The number of imide groups is 1. The zero-order valence-electron chi connectivity index (χ0n) is 15.5. The summed E-state index contributed by atoms with van der Waals surface area (Å²) >= 11 is 0.401. The molecule has 1 heterocycles. The maximum atomic E-state index is 13.0. The van der Waals surface area contributed by atoms with Gasteiger partial charge in [0.25, 0.3) is 11.7 Å². The van der Waals surface area contributed by atoms with Crippen LogP contribution < -0.4 is 10.6 Å². The van der Waals surface area contributed by atoms with E-state index in [1.165, 1.54) is 24.3 Å². The molecule has 1 fully saturated rings. The van der Waals surface area contributed by atoms with Gasteiger partial charge in [-0.25, -0.2) is 4.79 Å². The highest BCUT2D eigenvalue weighted by Gasteiger charge is 2.51. The number of halogens is 2. The van der Waals surface area contributed by atoms with Crippen molar-refractivity contribution < 1.29 is 23.2 Å². The van der Waals surface area contributed by atoms with Crippen LogP contribution in [-0.2, 0) is 15.1 Å². The molecule has 1 unspecified atom stereocenters. The van der Waals surface area contributed by atoms with Gasteiger partial charge < -0.3 is 10.6 Å². The molecule has 0 spiro atoms. The number of hydrogen-bond donors (Lipinski definition) is 2. The number of carbonyl (C=O) groups is 3. The minimum Gasteiger partial charge on any atom is -0.325 e. The molecule has 0 aliphatic carbocycles. The van der Waals surface area contributed by atoms with Crippen molar-refractivity contribution in [3.8, 4) is 0 Å². The lowest BCUT2D eigenvalue weighted by molar-refractivity contribution is -0.134. The van der Waals surface area contributed by atoms with Crippen molar-refractivity contribution >= 4 is 35.3 Å². The molecule has 0 radical (unpaired) electrons. The van der Waals surface area contributed by atoms with Crippen LogP contribution in [0.25, 0.3) is 0 Å². The van der Waals surface area contributed by atoms with Gasteiger partial charge in [-0.2, -0.15) is 8.78 Å². The Hall–Kier alpha value is -2.94. The summed E-state index contributed by atoms with van der Waals surface area (Å²) < 4.78 is 24.7. The van der Waals surface area contributed by atoms with E-state index in [4.69, 9.17) is 0 Å². The minimum absolute atomic E-state index is 0.336. The fourth-order valence-electron chi connectivity index (χ4n) is 3.20. The molecule has 2 N–H and O–H groups in total. The van der Waals surface area contributed by atoms with E-state index in [2.05, 4.69) is 10.6 Å². The maximum Gasteiger partial charge on any atom is 0.325 e. The number of rotatable bonds is 7. The van der Waals surface area contributed by atoms with Crippen LogP contribution in [0.3, 0.4) is 0 Å². The Kier molecular flexibility index (Phi) is 6.17. The molecule has 0 bridgehead atoms. The number of carbonyl (C=O) groups excluding carboxylic acids is 3. The number of urea groups is 1. The molecule has 1 atom stereocenters. The summed E-state index contributed by atoms with van der Waals surface area (Å²) in [5.41, 5.74) is -0.173. The molecule has 9 heteroatoms. The van der Waals surface area contributed by atoms with Gasteiger partial charge in [-0.15, -0.1) is 0 Å². The molecule has 1 aliphatic heterocycles. The predicted octanol–water partition coefficient (Wildman–Crippen LogP) is 3.80. The summed E-state index contributed by atoms with van der Waals surface area (Å²) in [4.78, 5) is 39.0. The van der Waals surface area contributed by atoms with Crippen LogP contribution in [-0.4, -0.2) is 35.0 Å². The normalized spacial score (nSPS) is 18.8. The van der Waals surface area contributed by atoms with Gasteiger partial charge in [0.15, 0.2) is 0 Å². The third-order valence-electron chi connectivity index (χ3n) is 4.64. The third kappa shape index (κ3) is 4.40. The van der Waals surface area contributed by atoms with E-state index in [1.807, 2.05) is 6.07 Å². The quantitative estimate of drug-likeness (QED) is 0.529. The maximum absolute atomic E-state index is 13.0. The largest absolute Gasteiger partial charge is 0.325 e. The highest BCUT2D eigenvalue weighted by molar-refractivity contribution is 7.99. The van der Waals surface area contributed by atoms with Crippen LogP contribution in [0.15, 0.2) is 59.5 Å². The average Bonchev–Trinajstić information content (AvgIpc) is 2.95. The van der Waals surface area contributed by atoms with Crippen molar-refractivity contribution in [3.63, 3.8) is 0 Å². The van der Waals surface area contributed by atoms with Crippen LogP contribution in [0.4, 0.5) is 19.3 Å². The van der Waals surface area contributed by atoms with E-state index in [9.17, 15) is 23.2 Å². The second-order valence-electron chi connectivity index (χ2n) is 6.40. The Balaban J connectivity index is 1.69. The second kappa shape index (κ2) is 8.60. The fraction of sp³-hybridized carbons (Fsp3) is 0.250. The molecule has 1 aliphatic rings. The average molecular weight is 419 g/mol. The first-order valence-electron chi connectivity index (χ1n) is 8.90. The topological polar surface area (TPSA) is 78.5 Å². The lowest BCUT2D eigenvalue weighted by Crippen LogP contribution is -2.44. The molecule has 2 aromatic rings. The second-order valence-corrected chi connectivity index (χ2v) is 7.46. The van der Waals surface area contributed by atoms with Gasteiger partial charge in [0.05, 0.1) is 0 Å². The van der Waals surface area contributed by atoms with Crippen molar-refractivity contribution in [3.05, 3.63) is 60.2 Å². The van der Waals surface area contributed by atoms with E-state index >= 15 is 0 Å². The van der Waals surface area contributed by atoms with Crippen LogP contribution >= 0.6 is 11.8 Å². The number of amides is 4. The van der Waals surface area contributed by atoms with E-state index in [-0.39, 0.29) is 0 Å². The summed E-state index contributed by atoms with van der Waals surface area (Å²) in [6, 6.07) is 14.1. The summed E-state index contributed by atoms with van der Waals surface area (Å²) in [6.07, 6.45) is 0.336. The number of thioether (sulfide) groups is 1. The van der Waals surface area contributed by atoms with Crippen molar-refractivity contribution in [2.45, 2.75) is 29.5 Å². The van der Waals surface area contributed by atoms with Crippen LogP contribution in [0.5, 0.6) is 0 Å². The molecular formula is C20H19F2N3O3S. The monoisotopic (exact) mass is 419 g/mol. The predicted molar refractivity (Wildman–Crippen MR) is 106 cm³/mol. The Morgan fingerprint density at radius 2 is 1.79 bits per heavy atom. The molecule has 1 saturated heterocycles. The Morgan fingerprint density at radius 1 is 1.14 bits per heavy atom. The van der Waals surface area contributed by atoms with Gasteiger partial charge in [0, 0.05) is 10.6 Å². The number of nitrogens with zero attached hydrogens (tertiary/aromatic N) is 1. The summed E-state index contributed by atoms with van der Waals surface area (Å²) in [5.74, 6) is -3.59. The standard InChI is InChI=1S/C20H19F2N3O3S/c1-2-20(13-6-4-3-5-7-13)17(27)25(19(28)24-20)12-16(26)23-14-8-10-15(11-9-14)29-18(21)22/h3-11,18H,2,12H2,1H3,(H,23,26)(H,24,28). The van der Waals surface area contributed by atoms with Gasteiger partial charge >= 0.3 is 6.03 Å². The van der Waals surface area contributed by atoms with E-state index in [0.29, 0.717) is 34.3 Å². The highest BCUT2D eigenvalue weighted by atomic mass is 32.2. The van der Waals surface area contributed by atoms with Crippen molar-refractivity contribution in [2.75, 3.05) is 11.9 Å². The van der Waals surface area contributed by atoms with Crippen molar-refractivity contribution in [1.29, 1.82) is 0 Å². The Bertz CT molecular complexity index is 909. The summed E-state index contributed by atoms with van der Waals surface area (Å²) in [5, 5.41) is 5.28. The van der Waals surface area contributed by atoms with Gasteiger partial charge in [0.2, 0.25) is 5.91 Å². The van der Waals surface area contributed by atoms with Crippen LogP contribution in [0.2, 0.25) is 0 Å². The number of alkyl halides is 2. The molecule has 0 saturated carbocycles. The summed E-state index contributed by atoms with van der Waals surface area (Å²) in [7, 11) is 0. The van der Waals surface area contributed by atoms with Gasteiger partial charge in [-0.3, -0.25) is 14.5 Å². The highest BCUT2D eigenvalue weighted by Crippen LogP contribution is 2.32. The zero-order chi connectivity index (χ0) is 21.0. The molecule has 6 nitrogen and oxygen atoms in total. The first-order chi connectivity index (χ1) is 13.9. The molecule has 2 aromatic carbocycles. The van der Waals surface area contributed by atoms with Gasteiger partial charge in [-0.1, -0.05) is 49.0 Å². The van der Waals surface area contributed by atoms with Crippen molar-refractivity contribution in [2.24, 2.45) is 0 Å². The smallest absolute Gasteiger partial charge is 0.325 e. The third-order valence-corrected chi connectivity index (χ3v) is 5.36. The molecule has 3 rings (SSSR count). The first kappa shape index (κ1) is 20.8. The van der Waals surface area contributed by atoms with Crippen LogP contribution in [0, 0.1) is 0 Å². The molecule has 0 aromatic heterocycles. The number of nitrogens with one attached hydrogen (secondary N) is 2. The number of hydrogen-bond acceptors (Lipinski definition) is 4. The molecule has 29 heavy (non-hydrogen) atoms. The Morgan fingerprint density at radius 3 is 2.38 bits per heavy atom.